The van der Waals surface area contributed by atoms with Gasteiger partial charge >= 0.3 is 0 Å². The highest BCUT2D eigenvalue weighted by Gasteiger charge is 2.14. The Labute approximate surface area is 158 Å². The zero-order valence-electron chi connectivity index (χ0n) is 14.8. The highest BCUT2D eigenvalue weighted by molar-refractivity contribution is 8.00. The van der Waals surface area contributed by atoms with Gasteiger partial charge in [0, 0.05) is 36.8 Å². The van der Waals surface area contributed by atoms with Crippen LogP contribution in [-0.4, -0.2) is 27.3 Å². The number of amides is 1. The molecular formula is C21H23N3OS. The zero-order chi connectivity index (χ0) is 18.2. The van der Waals surface area contributed by atoms with E-state index < -0.39 is 0 Å². The molecule has 134 valence electrons. The number of carbonyl (C=O) groups excluding carboxylic acids is 1. The molecule has 1 heterocycles. The maximum atomic E-state index is 12.3. The zero-order valence-corrected chi connectivity index (χ0v) is 15.7. The molecule has 3 rings (SSSR count). The predicted octanol–water partition coefficient (Wildman–Crippen LogP) is 3.77. The third-order valence-electron chi connectivity index (χ3n) is 4.07. The summed E-state index contributed by atoms with van der Waals surface area (Å²) in [7, 11) is 0. The van der Waals surface area contributed by atoms with Gasteiger partial charge in [-0.2, -0.15) is 0 Å². The van der Waals surface area contributed by atoms with Crippen LogP contribution in [0.4, 0.5) is 0 Å². The first kappa shape index (κ1) is 18.3. The molecule has 0 radical (unpaired) electrons. The van der Waals surface area contributed by atoms with Gasteiger partial charge < -0.3 is 9.88 Å². The van der Waals surface area contributed by atoms with Crippen LogP contribution in [0.25, 0.3) is 0 Å². The summed E-state index contributed by atoms with van der Waals surface area (Å²) in [4.78, 5) is 17.8. The van der Waals surface area contributed by atoms with Crippen LogP contribution >= 0.6 is 11.8 Å². The van der Waals surface area contributed by atoms with E-state index in [-0.39, 0.29) is 11.2 Å². The minimum atomic E-state index is -0.124. The number of aromatic nitrogens is 2. The number of rotatable bonds is 8. The topological polar surface area (TPSA) is 46.9 Å². The Morgan fingerprint density at radius 2 is 1.81 bits per heavy atom. The smallest absolute Gasteiger partial charge is 0.233 e. The van der Waals surface area contributed by atoms with Crippen molar-refractivity contribution in [2.24, 2.45) is 0 Å². The maximum absolute atomic E-state index is 12.3. The summed E-state index contributed by atoms with van der Waals surface area (Å²) < 4.78 is 2.13. The van der Waals surface area contributed by atoms with Crippen LogP contribution in [0.1, 0.15) is 18.3 Å². The Morgan fingerprint density at radius 3 is 2.54 bits per heavy atom. The van der Waals surface area contributed by atoms with Crippen molar-refractivity contribution in [1.82, 2.24) is 14.9 Å². The summed E-state index contributed by atoms with van der Waals surface area (Å²) >= 11 is 1.57. The van der Waals surface area contributed by atoms with Crippen molar-refractivity contribution in [3.05, 3.63) is 84.4 Å². The molecule has 4 nitrogen and oxygen atoms in total. The third-order valence-corrected chi connectivity index (χ3v) is 5.18. The summed E-state index contributed by atoms with van der Waals surface area (Å²) in [6.07, 6.45) is 4.51. The Hall–Kier alpha value is -2.53. The van der Waals surface area contributed by atoms with Crippen molar-refractivity contribution in [2.75, 3.05) is 6.54 Å². The second kappa shape index (κ2) is 9.25. The van der Waals surface area contributed by atoms with Crippen LogP contribution in [0.15, 0.2) is 78.0 Å². The lowest BCUT2D eigenvalue weighted by Gasteiger charge is -2.12. The van der Waals surface area contributed by atoms with Gasteiger partial charge in [0.15, 0.2) is 0 Å². The lowest BCUT2D eigenvalue weighted by molar-refractivity contribution is -0.120. The highest BCUT2D eigenvalue weighted by Crippen LogP contribution is 2.22. The van der Waals surface area contributed by atoms with Crippen molar-refractivity contribution < 1.29 is 4.79 Å². The fourth-order valence-electron chi connectivity index (χ4n) is 2.69. The predicted molar refractivity (Wildman–Crippen MR) is 106 cm³/mol. The minimum Gasteiger partial charge on any atom is -0.355 e. The number of imidazole rings is 1. The van der Waals surface area contributed by atoms with Crippen LogP contribution in [0.3, 0.4) is 0 Å². The lowest BCUT2D eigenvalue weighted by Crippen LogP contribution is -2.32. The van der Waals surface area contributed by atoms with Gasteiger partial charge in [0.05, 0.1) is 5.25 Å². The molecule has 1 N–H and O–H groups in total. The molecule has 1 amide bonds. The van der Waals surface area contributed by atoms with Crippen LogP contribution in [0, 0.1) is 0 Å². The van der Waals surface area contributed by atoms with E-state index >= 15 is 0 Å². The van der Waals surface area contributed by atoms with E-state index in [2.05, 4.69) is 27.0 Å². The number of hydrogen-bond donors (Lipinski definition) is 1. The second-order valence-corrected chi connectivity index (χ2v) is 7.49. The van der Waals surface area contributed by atoms with Crippen LogP contribution in [0.5, 0.6) is 0 Å². The largest absolute Gasteiger partial charge is 0.355 e. The van der Waals surface area contributed by atoms with Gasteiger partial charge in [-0.05, 0) is 24.6 Å². The van der Waals surface area contributed by atoms with E-state index in [1.54, 1.807) is 11.8 Å². The van der Waals surface area contributed by atoms with E-state index in [4.69, 9.17) is 0 Å². The molecule has 2 aromatic carbocycles. The first-order valence-corrected chi connectivity index (χ1v) is 9.63. The standard InChI is InChI=1S/C21H23N3OS/c1-17(26-19-10-6-3-7-11-19)21(25)23-13-12-20-22-14-15-24(20)16-18-8-4-2-5-9-18/h2-11,14-15,17H,12-13,16H2,1H3,(H,23,25). The van der Waals surface area contributed by atoms with Gasteiger partial charge in [-0.15, -0.1) is 11.8 Å². The first-order valence-electron chi connectivity index (χ1n) is 8.76. The number of carbonyl (C=O) groups is 1. The van der Waals surface area contributed by atoms with Crippen molar-refractivity contribution >= 4 is 17.7 Å². The molecule has 0 saturated heterocycles. The van der Waals surface area contributed by atoms with E-state index in [9.17, 15) is 4.79 Å². The van der Waals surface area contributed by atoms with Crippen LogP contribution in [-0.2, 0) is 17.8 Å². The first-order chi connectivity index (χ1) is 12.7. The van der Waals surface area contributed by atoms with Gasteiger partial charge in [-0.25, -0.2) is 4.98 Å². The summed E-state index contributed by atoms with van der Waals surface area (Å²) in [5.41, 5.74) is 1.24. The van der Waals surface area contributed by atoms with Crippen molar-refractivity contribution in [3.8, 4) is 0 Å². The molecule has 0 aliphatic heterocycles. The second-order valence-electron chi connectivity index (χ2n) is 6.07. The molecule has 26 heavy (non-hydrogen) atoms. The molecule has 1 atom stereocenters. The van der Waals surface area contributed by atoms with Gasteiger partial charge in [-0.1, -0.05) is 48.5 Å². The molecule has 0 spiro atoms. The summed E-state index contributed by atoms with van der Waals surface area (Å²) in [5.74, 6) is 1.04. The monoisotopic (exact) mass is 365 g/mol. The fourth-order valence-corrected chi connectivity index (χ4v) is 3.60. The normalized spacial score (nSPS) is 11.9. The number of thioether (sulfide) groups is 1. The highest BCUT2D eigenvalue weighted by atomic mass is 32.2. The average molecular weight is 366 g/mol. The van der Waals surface area contributed by atoms with Gasteiger partial charge in [0.2, 0.25) is 5.91 Å². The molecule has 0 fully saturated rings. The number of benzene rings is 2. The molecule has 0 saturated carbocycles. The van der Waals surface area contributed by atoms with E-state index in [1.807, 2.05) is 67.8 Å². The molecule has 3 aromatic rings. The molecule has 0 aliphatic rings. The third kappa shape index (κ3) is 5.23. The van der Waals surface area contributed by atoms with E-state index in [1.165, 1.54) is 5.56 Å². The SMILES string of the molecule is CC(Sc1ccccc1)C(=O)NCCc1nccn1Cc1ccccc1. The van der Waals surface area contributed by atoms with Crippen LogP contribution < -0.4 is 5.32 Å². The molecule has 1 unspecified atom stereocenters. The fraction of sp³-hybridized carbons (Fsp3) is 0.238. The van der Waals surface area contributed by atoms with E-state index in [0.717, 1.165) is 17.3 Å². The lowest BCUT2D eigenvalue weighted by atomic mass is 10.2. The van der Waals surface area contributed by atoms with Crippen molar-refractivity contribution in [2.45, 2.75) is 30.0 Å². The summed E-state index contributed by atoms with van der Waals surface area (Å²) in [6.45, 7) is 3.32. The number of hydrogen-bond acceptors (Lipinski definition) is 3. The number of nitrogens with one attached hydrogen (secondary N) is 1. The van der Waals surface area contributed by atoms with Crippen LogP contribution in [0.2, 0.25) is 0 Å². The van der Waals surface area contributed by atoms with Gasteiger partial charge in [0.1, 0.15) is 5.82 Å². The maximum Gasteiger partial charge on any atom is 0.233 e. The molecule has 0 aliphatic carbocycles. The Morgan fingerprint density at radius 1 is 1.12 bits per heavy atom. The quantitative estimate of drug-likeness (QED) is 0.618. The Balaban J connectivity index is 1.47. The van der Waals surface area contributed by atoms with Crippen molar-refractivity contribution in [3.63, 3.8) is 0 Å². The average Bonchev–Trinajstić information content (AvgIpc) is 3.10. The minimum absolute atomic E-state index is 0.0556. The number of nitrogens with zero attached hydrogens (tertiary/aromatic N) is 2. The van der Waals surface area contributed by atoms with Gasteiger partial charge in [-0.3, -0.25) is 4.79 Å². The molecule has 1 aromatic heterocycles. The van der Waals surface area contributed by atoms with E-state index in [0.29, 0.717) is 13.0 Å². The Bertz CT molecular complexity index is 818. The summed E-state index contributed by atoms with van der Waals surface area (Å²) in [5, 5.41) is 2.90. The summed E-state index contributed by atoms with van der Waals surface area (Å²) in [6, 6.07) is 20.3. The molecule has 5 heteroatoms. The molecule has 0 bridgehead atoms. The van der Waals surface area contributed by atoms with Gasteiger partial charge in [0.25, 0.3) is 0 Å². The molecular weight excluding hydrogens is 342 g/mol. The van der Waals surface area contributed by atoms with Crippen molar-refractivity contribution in [1.29, 1.82) is 0 Å². The Kier molecular flexibility index (Phi) is 6.50.